The molecule has 0 bridgehead atoms. The van der Waals surface area contributed by atoms with Crippen molar-refractivity contribution in [3.63, 3.8) is 0 Å². The summed E-state index contributed by atoms with van der Waals surface area (Å²) < 4.78 is 0. The predicted octanol–water partition coefficient (Wildman–Crippen LogP) is 3.32. The van der Waals surface area contributed by atoms with E-state index in [-0.39, 0.29) is 5.41 Å². The van der Waals surface area contributed by atoms with Crippen LogP contribution in [0.5, 0.6) is 0 Å². The molecule has 0 saturated heterocycles. The highest BCUT2D eigenvalue weighted by Crippen LogP contribution is 2.28. The number of carbonyl (C=O) groups is 1. The maximum absolute atomic E-state index is 12.8. The van der Waals surface area contributed by atoms with E-state index in [4.69, 9.17) is 5.73 Å². The second-order valence-corrected chi connectivity index (χ2v) is 6.52. The van der Waals surface area contributed by atoms with Crippen molar-refractivity contribution < 1.29 is 4.79 Å². The summed E-state index contributed by atoms with van der Waals surface area (Å²) in [6.45, 7) is 7.75. The molecule has 0 spiro atoms. The minimum absolute atomic E-state index is 0.235. The molecular formula is C16H32N2O. The normalized spacial score (nSPS) is 18.1. The molecule has 0 heterocycles. The summed E-state index contributed by atoms with van der Waals surface area (Å²) in [5.41, 5.74) is 5.41. The van der Waals surface area contributed by atoms with E-state index in [1.165, 1.54) is 38.5 Å². The van der Waals surface area contributed by atoms with Gasteiger partial charge in [0.1, 0.15) is 0 Å². The third-order valence-electron chi connectivity index (χ3n) is 4.59. The van der Waals surface area contributed by atoms with Crippen LogP contribution in [0.3, 0.4) is 0 Å². The number of amides is 1. The first-order valence-corrected chi connectivity index (χ1v) is 8.04. The molecule has 0 radical (unpaired) electrons. The van der Waals surface area contributed by atoms with E-state index in [0.29, 0.717) is 18.5 Å². The van der Waals surface area contributed by atoms with Gasteiger partial charge in [0.2, 0.25) is 5.91 Å². The van der Waals surface area contributed by atoms with Gasteiger partial charge in [-0.2, -0.15) is 0 Å². The molecule has 1 rings (SSSR count). The Morgan fingerprint density at radius 1 is 1.21 bits per heavy atom. The third-order valence-corrected chi connectivity index (χ3v) is 4.59. The Bertz CT molecular complexity index is 268. The summed E-state index contributed by atoms with van der Waals surface area (Å²) in [5.74, 6) is 0.329. The quantitative estimate of drug-likeness (QED) is 0.751. The fraction of sp³-hybridized carbons (Fsp3) is 0.938. The molecule has 0 aromatic rings. The highest BCUT2D eigenvalue weighted by atomic mass is 16.2. The van der Waals surface area contributed by atoms with Crippen molar-refractivity contribution >= 4 is 5.91 Å². The van der Waals surface area contributed by atoms with Crippen LogP contribution in [-0.4, -0.2) is 29.9 Å². The number of hydrogen-bond donors (Lipinski definition) is 1. The third kappa shape index (κ3) is 4.79. The Morgan fingerprint density at radius 2 is 1.79 bits per heavy atom. The number of rotatable bonds is 6. The van der Waals surface area contributed by atoms with Gasteiger partial charge in [-0.3, -0.25) is 4.79 Å². The van der Waals surface area contributed by atoms with Crippen LogP contribution in [0.4, 0.5) is 0 Å². The Hall–Kier alpha value is -0.570. The van der Waals surface area contributed by atoms with E-state index < -0.39 is 0 Å². The predicted molar refractivity (Wildman–Crippen MR) is 80.9 cm³/mol. The van der Waals surface area contributed by atoms with Gasteiger partial charge < -0.3 is 10.6 Å². The van der Waals surface area contributed by atoms with Crippen molar-refractivity contribution in [2.45, 2.75) is 78.2 Å². The fourth-order valence-corrected chi connectivity index (χ4v) is 2.82. The van der Waals surface area contributed by atoms with Crippen LogP contribution in [0, 0.1) is 5.41 Å². The lowest BCUT2D eigenvalue weighted by atomic mass is 9.87. The molecule has 1 aliphatic rings. The Labute approximate surface area is 118 Å². The molecule has 0 aliphatic heterocycles. The molecule has 0 aromatic heterocycles. The highest BCUT2D eigenvalue weighted by molar-refractivity contribution is 5.82. The SMILES string of the molecule is CCC(C)(C)C(=O)N(CCCN)C1CCCCCC1. The number of nitrogens with two attached hydrogens (primary N) is 1. The maximum Gasteiger partial charge on any atom is 0.228 e. The lowest BCUT2D eigenvalue weighted by Crippen LogP contribution is -2.47. The zero-order valence-electron chi connectivity index (χ0n) is 13.1. The summed E-state index contributed by atoms with van der Waals surface area (Å²) in [4.78, 5) is 15.0. The Balaban J connectivity index is 2.77. The minimum Gasteiger partial charge on any atom is -0.339 e. The van der Waals surface area contributed by atoms with Gasteiger partial charge in [0.15, 0.2) is 0 Å². The van der Waals surface area contributed by atoms with Crippen LogP contribution in [0.2, 0.25) is 0 Å². The van der Waals surface area contributed by atoms with Gasteiger partial charge in [-0.1, -0.05) is 46.5 Å². The van der Waals surface area contributed by atoms with Crippen molar-refractivity contribution in [3.05, 3.63) is 0 Å². The van der Waals surface area contributed by atoms with E-state index in [9.17, 15) is 4.79 Å². The van der Waals surface area contributed by atoms with Crippen molar-refractivity contribution in [3.8, 4) is 0 Å². The van der Waals surface area contributed by atoms with E-state index in [0.717, 1.165) is 19.4 Å². The highest BCUT2D eigenvalue weighted by Gasteiger charge is 2.33. The van der Waals surface area contributed by atoms with Gasteiger partial charge in [-0.05, 0) is 32.2 Å². The van der Waals surface area contributed by atoms with Gasteiger partial charge in [0.25, 0.3) is 0 Å². The number of carbonyl (C=O) groups excluding carboxylic acids is 1. The first-order valence-electron chi connectivity index (χ1n) is 8.04. The molecule has 19 heavy (non-hydrogen) atoms. The summed E-state index contributed by atoms with van der Waals surface area (Å²) in [6, 6.07) is 0.451. The summed E-state index contributed by atoms with van der Waals surface area (Å²) in [6.07, 6.45) is 9.36. The van der Waals surface area contributed by atoms with Crippen LogP contribution in [-0.2, 0) is 4.79 Å². The second kappa shape index (κ2) is 7.88. The van der Waals surface area contributed by atoms with Crippen LogP contribution < -0.4 is 5.73 Å². The van der Waals surface area contributed by atoms with Crippen LogP contribution in [0.15, 0.2) is 0 Å². The average molecular weight is 268 g/mol. The largest absolute Gasteiger partial charge is 0.339 e. The van der Waals surface area contributed by atoms with Gasteiger partial charge in [-0.15, -0.1) is 0 Å². The molecule has 112 valence electrons. The molecule has 1 aliphatic carbocycles. The minimum atomic E-state index is -0.235. The molecule has 1 saturated carbocycles. The standard InChI is InChI=1S/C16H32N2O/c1-4-16(2,3)15(19)18(13-9-12-17)14-10-7-5-6-8-11-14/h14H,4-13,17H2,1-3H3. The molecule has 0 unspecified atom stereocenters. The fourth-order valence-electron chi connectivity index (χ4n) is 2.82. The van der Waals surface area contributed by atoms with E-state index in [2.05, 4.69) is 25.7 Å². The van der Waals surface area contributed by atoms with Crippen LogP contribution >= 0.6 is 0 Å². The monoisotopic (exact) mass is 268 g/mol. The molecule has 2 N–H and O–H groups in total. The average Bonchev–Trinajstić information content (AvgIpc) is 2.68. The molecule has 0 atom stereocenters. The summed E-state index contributed by atoms with van der Waals surface area (Å²) in [7, 11) is 0. The number of nitrogens with zero attached hydrogens (tertiary/aromatic N) is 1. The maximum atomic E-state index is 12.8. The first kappa shape index (κ1) is 16.5. The zero-order valence-corrected chi connectivity index (χ0v) is 13.1. The molecule has 1 fully saturated rings. The van der Waals surface area contributed by atoms with E-state index in [1.807, 2.05) is 0 Å². The van der Waals surface area contributed by atoms with Crippen molar-refractivity contribution in [2.24, 2.45) is 11.1 Å². The van der Waals surface area contributed by atoms with Crippen molar-refractivity contribution in [1.29, 1.82) is 0 Å². The second-order valence-electron chi connectivity index (χ2n) is 6.52. The van der Waals surface area contributed by atoms with Gasteiger partial charge >= 0.3 is 0 Å². The molecule has 3 heteroatoms. The molecule has 1 amide bonds. The first-order chi connectivity index (χ1) is 9.03. The molecule has 0 aromatic carbocycles. The van der Waals surface area contributed by atoms with Gasteiger partial charge in [-0.25, -0.2) is 0 Å². The summed E-state index contributed by atoms with van der Waals surface area (Å²) >= 11 is 0. The van der Waals surface area contributed by atoms with E-state index in [1.54, 1.807) is 0 Å². The summed E-state index contributed by atoms with van der Waals surface area (Å²) in [5, 5.41) is 0. The van der Waals surface area contributed by atoms with E-state index >= 15 is 0 Å². The van der Waals surface area contributed by atoms with Gasteiger partial charge in [0.05, 0.1) is 0 Å². The number of hydrogen-bond acceptors (Lipinski definition) is 2. The lowest BCUT2D eigenvalue weighted by molar-refractivity contribution is -0.143. The Morgan fingerprint density at radius 3 is 2.26 bits per heavy atom. The van der Waals surface area contributed by atoms with Gasteiger partial charge in [0, 0.05) is 18.0 Å². The topological polar surface area (TPSA) is 46.3 Å². The van der Waals surface area contributed by atoms with Crippen molar-refractivity contribution in [2.75, 3.05) is 13.1 Å². The zero-order chi connectivity index (χ0) is 14.3. The van der Waals surface area contributed by atoms with Crippen molar-refractivity contribution in [1.82, 2.24) is 4.90 Å². The smallest absolute Gasteiger partial charge is 0.228 e. The molecule has 3 nitrogen and oxygen atoms in total. The Kier molecular flexibility index (Phi) is 6.84. The van der Waals surface area contributed by atoms with Crippen LogP contribution in [0.25, 0.3) is 0 Å². The molecular weight excluding hydrogens is 236 g/mol. The lowest BCUT2D eigenvalue weighted by Gasteiger charge is -2.37. The van der Waals surface area contributed by atoms with Crippen LogP contribution in [0.1, 0.15) is 72.1 Å².